The summed E-state index contributed by atoms with van der Waals surface area (Å²) in [5, 5.41) is 19.9. The number of piperidine rings is 1. The number of rotatable bonds is 1. The highest BCUT2D eigenvalue weighted by Crippen LogP contribution is 2.15. The van der Waals surface area contributed by atoms with Gasteiger partial charge in [-0.15, -0.1) is 0 Å². The number of nitrogens with zero attached hydrogens (tertiary/aromatic N) is 1. The largest absolute Gasteiger partial charge is 0.785 e. The summed E-state index contributed by atoms with van der Waals surface area (Å²) < 4.78 is 0. The molecule has 4 heteroatoms. The van der Waals surface area contributed by atoms with Crippen molar-refractivity contribution in [3.63, 3.8) is 0 Å². The molecule has 0 aromatic heterocycles. The maximum Gasteiger partial charge on any atom is 0.319 e. The van der Waals surface area contributed by atoms with Gasteiger partial charge in [-0.2, -0.15) is 0 Å². The van der Waals surface area contributed by atoms with Crippen LogP contribution in [0.1, 0.15) is 19.3 Å². The molecule has 0 radical (unpaired) electrons. The molecule has 1 unspecified atom stereocenters. The van der Waals surface area contributed by atoms with Crippen LogP contribution in [0.3, 0.4) is 0 Å². The number of carboxylic acid groups (broad SMARTS) is 1. The molecule has 0 amide bonds. The normalized spacial score (nSPS) is 28.3. The van der Waals surface area contributed by atoms with Gasteiger partial charge in [0.25, 0.3) is 0 Å². The minimum atomic E-state index is -0.991. The van der Waals surface area contributed by atoms with Crippen molar-refractivity contribution in [1.82, 2.24) is 5.06 Å². The summed E-state index contributed by atoms with van der Waals surface area (Å²) in [5.74, 6) is -0.991. The van der Waals surface area contributed by atoms with E-state index in [1.165, 1.54) is 0 Å². The van der Waals surface area contributed by atoms with Crippen molar-refractivity contribution in [2.45, 2.75) is 25.3 Å². The molecule has 10 heavy (non-hydrogen) atoms. The number of carbonyl (C=O) groups is 1. The number of hydrogen-bond acceptors (Lipinski definition) is 3. The first-order valence-corrected chi connectivity index (χ1v) is 3.38. The maximum absolute atomic E-state index is 10.8. The second-order valence-corrected chi connectivity index (χ2v) is 2.49. The van der Waals surface area contributed by atoms with Crippen molar-refractivity contribution in [2.75, 3.05) is 6.54 Å². The summed E-state index contributed by atoms with van der Waals surface area (Å²) in [7, 11) is 0. The first-order valence-electron chi connectivity index (χ1n) is 3.38. The molecular weight excluding hydrogens is 134 g/mol. The van der Waals surface area contributed by atoms with E-state index in [0.29, 0.717) is 18.0 Å². The molecule has 1 aliphatic rings. The highest BCUT2D eigenvalue weighted by Gasteiger charge is 2.21. The summed E-state index contributed by atoms with van der Waals surface area (Å²) in [6.07, 6.45) is 2.18. The maximum atomic E-state index is 10.8. The predicted octanol–water partition coefficient (Wildman–Crippen LogP) is 0.423. The average molecular weight is 144 g/mol. The lowest BCUT2D eigenvalue weighted by Gasteiger charge is -2.37. The summed E-state index contributed by atoms with van der Waals surface area (Å²) in [6.45, 7) is 0.372. The molecule has 1 heterocycles. The van der Waals surface area contributed by atoms with E-state index in [9.17, 15) is 10.0 Å². The topological polar surface area (TPSA) is 63.6 Å². The lowest BCUT2D eigenvalue weighted by Crippen LogP contribution is -2.40. The molecule has 58 valence electrons. The van der Waals surface area contributed by atoms with E-state index in [2.05, 4.69) is 0 Å². The molecule has 1 rings (SSSR count). The summed E-state index contributed by atoms with van der Waals surface area (Å²) in [5.41, 5.74) is 0. The zero-order valence-corrected chi connectivity index (χ0v) is 5.62. The highest BCUT2D eigenvalue weighted by molar-refractivity contribution is 5.73. The lowest BCUT2D eigenvalue weighted by molar-refractivity contribution is -0.143. The Morgan fingerprint density at radius 2 is 2.30 bits per heavy atom. The van der Waals surface area contributed by atoms with Gasteiger partial charge >= 0.3 is 5.97 Å². The lowest BCUT2D eigenvalue weighted by atomic mass is 10.1. The first-order chi connectivity index (χ1) is 4.72. The SMILES string of the molecule is O=C(O)C1CCCCN1[O-]. The van der Waals surface area contributed by atoms with Gasteiger partial charge in [0, 0.05) is 0 Å². The minimum Gasteiger partial charge on any atom is -0.785 e. The molecule has 0 saturated carbocycles. The minimum absolute atomic E-state index is 0.372. The van der Waals surface area contributed by atoms with Crippen LogP contribution in [0.15, 0.2) is 0 Å². The Balaban J connectivity index is 2.47. The van der Waals surface area contributed by atoms with Gasteiger partial charge in [0.1, 0.15) is 0 Å². The number of hydroxylamine groups is 2. The van der Waals surface area contributed by atoms with E-state index in [1.54, 1.807) is 0 Å². The Labute approximate surface area is 59.0 Å². The Kier molecular flexibility index (Phi) is 2.24. The monoisotopic (exact) mass is 144 g/mol. The van der Waals surface area contributed by atoms with E-state index in [-0.39, 0.29) is 0 Å². The predicted molar refractivity (Wildman–Crippen MR) is 35.3 cm³/mol. The quantitative estimate of drug-likeness (QED) is 0.579. The van der Waals surface area contributed by atoms with E-state index >= 15 is 0 Å². The van der Waals surface area contributed by atoms with Crippen LogP contribution in [0.2, 0.25) is 0 Å². The third kappa shape index (κ3) is 1.46. The molecule has 0 aromatic rings. The first kappa shape index (κ1) is 7.50. The van der Waals surface area contributed by atoms with E-state index < -0.39 is 12.0 Å². The molecule has 4 nitrogen and oxygen atoms in total. The van der Waals surface area contributed by atoms with Crippen LogP contribution >= 0.6 is 0 Å². The van der Waals surface area contributed by atoms with Crippen LogP contribution in [0.25, 0.3) is 0 Å². The van der Waals surface area contributed by atoms with Crippen molar-refractivity contribution in [3.8, 4) is 0 Å². The standard InChI is InChI=1S/C6H10NO3/c8-6(9)5-3-1-2-4-7(5)10/h5H,1-4H2,(H,8,9)/q-1. The van der Waals surface area contributed by atoms with Crippen LogP contribution in [0, 0.1) is 5.21 Å². The molecule has 1 aliphatic heterocycles. The Hall–Kier alpha value is -0.610. The van der Waals surface area contributed by atoms with E-state index in [0.717, 1.165) is 12.8 Å². The van der Waals surface area contributed by atoms with Crippen LogP contribution < -0.4 is 0 Å². The van der Waals surface area contributed by atoms with Gasteiger partial charge in [-0.25, -0.2) is 0 Å². The summed E-state index contributed by atoms with van der Waals surface area (Å²) in [6, 6.07) is -0.784. The van der Waals surface area contributed by atoms with Gasteiger partial charge in [-0.05, 0) is 19.4 Å². The smallest absolute Gasteiger partial charge is 0.319 e. The second kappa shape index (κ2) is 2.98. The van der Waals surface area contributed by atoms with E-state index in [4.69, 9.17) is 5.11 Å². The van der Waals surface area contributed by atoms with Crippen LogP contribution in [0.4, 0.5) is 0 Å². The third-order valence-corrected chi connectivity index (χ3v) is 1.74. The van der Waals surface area contributed by atoms with Crippen LogP contribution in [-0.2, 0) is 4.79 Å². The van der Waals surface area contributed by atoms with Crippen molar-refractivity contribution >= 4 is 5.97 Å². The number of aliphatic carboxylic acids is 1. The molecular formula is C6H10NO3-. The fourth-order valence-corrected chi connectivity index (χ4v) is 1.15. The Morgan fingerprint density at radius 1 is 1.60 bits per heavy atom. The molecule has 0 aromatic carbocycles. The van der Waals surface area contributed by atoms with Crippen LogP contribution in [0.5, 0.6) is 0 Å². The molecule has 1 fully saturated rings. The van der Waals surface area contributed by atoms with Crippen LogP contribution in [-0.4, -0.2) is 28.7 Å². The van der Waals surface area contributed by atoms with E-state index in [1.807, 2.05) is 0 Å². The number of carboxylic acids is 1. The van der Waals surface area contributed by atoms with Crippen molar-refractivity contribution < 1.29 is 9.90 Å². The molecule has 0 spiro atoms. The zero-order valence-electron chi connectivity index (χ0n) is 5.62. The van der Waals surface area contributed by atoms with Gasteiger partial charge < -0.3 is 15.4 Å². The third-order valence-electron chi connectivity index (χ3n) is 1.74. The number of hydrogen-bond donors (Lipinski definition) is 1. The molecule has 0 bridgehead atoms. The van der Waals surface area contributed by atoms with Gasteiger partial charge in [0.15, 0.2) is 0 Å². The van der Waals surface area contributed by atoms with Gasteiger partial charge in [0.2, 0.25) is 0 Å². The van der Waals surface area contributed by atoms with Crippen molar-refractivity contribution in [2.24, 2.45) is 0 Å². The molecule has 1 N–H and O–H groups in total. The molecule has 0 aliphatic carbocycles. The van der Waals surface area contributed by atoms with Gasteiger partial charge in [-0.3, -0.25) is 4.79 Å². The average Bonchev–Trinajstić information content (AvgIpc) is 1.88. The molecule has 1 saturated heterocycles. The fourth-order valence-electron chi connectivity index (χ4n) is 1.15. The summed E-state index contributed by atoms with van der Waals surface area (Å²) in [4.78, 5) is 10.3. The van der Waals surface area contributed by atoms with Gasteiger partial charge in [-0.1, -0.05) is 6.42 Å². The Bertz CT molecular complexity index is 137. The summed E-state index contributed by atoms with van der Waals surface area (Å²) >= 11 is 0. The Morgan fingerprint density at radius 3 is 2.70 bits per heavy atom. The van der Waals surface area contributed by atoms with Crippen molar-refractivity contribution in [3.05, 3.63) is 5.21 Å². The van der Waals surface area contributed by atoms with Gasteiger partial charge in [0.05, 0.1) is 6.04 Å². The zero-order chi connectivity index (χ0) is 7.56. The highest BCUT2D eigenvalue weighted by atomic mass is 16.5. The van der Waals surface area contributed by atoms with Crippen molar-refractivity contribution in [1.29, 1.82) is 0 Å². The second-order valence-electron chi connectivity index (χ2n) is 2.49. The fraction of sp³-hybridized carbons (Fsp3) is 0.833. The molecule has 1 atom stereocenters.